The summed E-state index contributed by atoms with van der Waals surface area (Å²) in [6.07, 6.45) is 0. The minimum atomic E-state index is -0.615. The van der Waals surface area contributed by atoms with Crippen LogP contribution in [0.2, 0.25) is 0 Å². The van der Waals surface area contributed by atoms with Gasteiger partial charge in [-0.25, -0.2) is 9.18 Å². The highest BCUT2D eigenvalue weighted by molar-refractivity contribution is 6.01. The number of hydrogen-bond donors (Lipinski definition) is 1. The van der Waals surface area contributed by atoms with E-state index in [0.29, 0.717) is 34.1 Å². The van der Waals surface area contributed by atoms with Gasteiger partial charge in [-0.1, -0.05) is 47.1 Å². The maximum atomic E-state index is 13.6. The normalized spacial score (nSPS) is 15.8. The van der Waals surface area contributed by atoms with Gasteiger partial charge in [0.05, 0.1) is 24.4 Å². The van der Waals surface area contributed by atoms with Crippen LogP contribution in [0.3, 0.4) is 0 Å². The molecule has 2 amide bonds. The summed E-state index contributed by atoms with van der Waals surface area (Å²) in [5, 5.41) is 7.21. The summed E-state index contributed by atoms with van der Waals surface area (Å²) in [5.41, 5.74) is 4.42. The Balaban J connectivity index is 1.66. The van der Waals surface area contributed by atoms with Crippen LogP contribution in [-0.4, -0.2) is 23.3 Å². The SMILES string of the molecule is COc1cccc(N2C(=O)NC(c3ccc(F)cc3)C(c3nc(-c4cccc(C)c4)no3)=C2C)c1. The number of benzene rings is 3. The van der Waals surface area contributed by atoms with Crippen LogP contribution in [0, 0.1) is 12.7 Å². The van der Waals surface area contributed by atoms with Gasteiger partial charge in [0, 0.05) is 17.3 Å². The van der Waals surface area contributed by atoms with Gasteiger partial charge in [-0.15, -0.1) is 0 Å². The number of ether oxygens (including phenoxy) is 1. The van der Waals surface area contributed by atoms with Crippen LogP contribution < -0.4 is 15.0 Å². The number of nitrogens with one attached hydrogen (secondary N) is 1. The second-order valence-electron chi connectivity index (χ2n) is 8.26. The van der Waals surface area contributed by atoms with E-state index in [4.69, 9.17) is 9.26 Å². The molecule has 2 heterocycles. The molecule has 1 unspecified atom stereocenters. The average molecular weight is 471 g/mol. The summed E-state index contributed by atoms with van der Waals surface area (Å²) in [4.78, 5) is 19.5. The van der Waals surface area contributed by atoms with Crippen molar-refractivity contribution in [3.8, 4) is 17.1 Å². The third-order valence-corrected chi connectivity index (χ3v) is 5.93. The second-order valence-corrected chi connectivity index (χ2v) is 8.26. The highest BCUT2D eigenvalue weighted by Gasteiger charge is 2.36. The molecule has 8 heteroatoms. The summed E-state index contributed by atoms with van der Waals surface area (Å²) >= 11 is 0. The zero-order valence-electron chi connectivity index (χ0n) is 19.4. The maximum Gasteiger partial charge on any atom is 0.327 e. The van der Waals surface area contributed by atoms with Gasteiger partial charge in [0.25, 0.3) is 5.89 Å². The van der Waals surface area contributed by atoms with Gasteiger partial charge < -0.3 is 14.6 Å². The number of carbonyl (C=O) groups excluding carboxylic acids is 1. The van der Waals surface area contributed by atoms with Gasteiger partial charge in [0.15, 0.2) is 0 Å². The van der Waals surface area contributed by atoms with Gasteiger partial charge >= 0.3 is 6.03 Å². The monoisotopic (exact) mass is 470 g/mol. The van der Waals surface area contributed by atoms with Crippen molar-refractivity contribution in [3.05, 3.63) is 101 Å². The molecule has 1 atom stereocenters. The molecular weight excluding hydrogens is 447 g/mol. The molecule has 5 rings (SSSR count). The van der Waals surface area contributed by atoms with Crippen molar-refractivity contribution in [1.29, 1.82) is 0 Å². The molecule has 35 heavy (non-hydrogen) atoms. The molecule has 0 fully saturated rings. The largest absolute Gasteiger partial charge is 0.497 e. The lowest BCUT2D eigenvalue weighted by Gasteiger charge is -2.35. The number of amides is 2. The number of carbonyl (C=O) groups is 1. The van der Waals surface area contributed by atoms with Crippen molar-refractivity contribution in [2.45, 2.75) is 19.9 Å². The van der Waals surface area contributed by atoms with Crippen LogP contribution in [0.5, 0.6) is 5.75 Å². The van der Waals surface area contributed by atoms with E-state index >= 15 is 0 Å². The summed E-state index contributed by atoms with van der Waals surface area (Å²) in [7, 11) is 1.57. The number of allylic oxidation sites excluding steroid dienone is 1. The topological polar surface area (TPSA) is 80.5 Å². The molecule has 0 saturated carbocycles. The highest BCUT2D eigenvalue weighted by Crippen LogP contribution is 2.39. The van der Waals surface area contributed by atoms with Gasteiger partial charge in [-0.3, -0.25) is 4.90 Å². The molecule has 0 bridgehead atoms. The van der Waals surface area contributed by atoms with Gasteiger partial charge in [-0.2, -0.15) is 4.98 Å². The fraction of sp³-hybridized carbons (Fsp3) is 0.148. The molecule has 0 aliphatic carbocycles. The molecule has 3 aromatic carbocycles. The molecule has 0 spiro atoms. The highest BCUT2D eigenvalue weighted by atomic mass is 19.1. The first-order valence-corrected chi connectivity index (χ1v) is 11.1. The van der Waals surface area contributed by atoms with Crippen molar-refractivity contribution in [1.82, 2.24) is 15.5 Å². The number of halogens is 1. The Kier molecular flexibility index (Phi) is 5.78. The van der Waals surface area contributed by atoms with Gasteiger partial charge in [0.1, 0.15) is 11.6 Å². The zero-order chi connectivity index (χ0) is 24.5. The first-order valence-electron chi connectivity index (χ1n) is 11.1. The number of hydrogen-bond acceptors (Lipinski definition) is 5. The van der Waals surface area contributed by atoms with Crippen LogP contribution in [0.4, 0.5) is 14.9 Å². The average Bonchev–Trinajstić information content (AvgIpc) is 3.34. The molecule has 0 saturated heterocycles. The Bertz CT molecular complexity index is 1430. The number of aromatic nitrogens is 2. The number of urea groups is 1. The minimum absolute atomic E-state index is 0.265. The van der Waals surface area contributed by atoms with Crippen molar-refractivity contribution in [3.63, 3.8) is 0 Å². The van der Waals surface area contributed by atoms with Crippen LogP contribution in [0.25, 0.3) is 17.0 Å². The lowest BCUT2D eigenvalue weighted by Crippen LogP contribution is -2.46. The minimum Gasteiger partial charge on any atom is -0.497 e. The number of aryl methyl sites for hydroxylation is 1. The Morgan fingerprint density at radius 2 is 1.80 bits per heavy atom. The molecule has 7 nitrogen and oxygen atoms in total. The van der Waals surface area contributed by atoms with Crippen LogP contribution in [-0.2, 0) is 0 Å². The Morgan fingerprint density at radius 1 is 1.03 bits per heavy atom. The summed E-state index contributed by atoms with van der Waals surface area (Å²) < 4.78 is 24.7. The molecule has 1 aliphatic rings. The third-order valence-electron chi connectivity index (χ3n) is 5.93. The van der Waals surface area contributed by atoms with E-state index in [-0.39, 0.29) is 17.7 Å². The summed E-state index contributed by atoms with van der Waals surface area (Å²) in [6.45, 7) is 3.81. The van der Waals surface area contributed by atoms with Crippen LogP contribution in [0.15, 0.2) is 83.0 Å². The van der Waals surface area contributed by atoms with E-state index in [9.17, 15) is 9.18 Å². The predicted octanol–water partition coefficient (Wildman–Crippen LogP) is 5.89. The van der Waals surface area contributed by atoms with E-state index in [1.54, 1.807) is 31.4 Å². The van der Waals surface area contributed by atoms with Crippen molar-refractivity contribution in [2.75, 3.05) is 12.0 Å². The molecule has 1 aromatic heterocycles. The van der Waals surface area contributed by atoms with Crippen molar-refractivity contribution in [2.24, 2.45) is 0 Å². The lowest BCUT2D eigenvalue weighted by molar-refractivity contribution is 0.244. The molecule has 4 aromatic rings. The van der Waals surface area contributed by atoms with Crippen molar-refractivity contribution >= 4 is 17.3 Å². The smallest absolute Gasteiger partial charge is 0.327 e. The Morgan fingerprint density at radius 3 is 2.54 bits per heavy atom. The molecule has 176 valence electrons. The first-order chi connectivity index (χ1) is 16.9. The van der Waals surface area contributed by atoms with Crippen LogP contribution in [0.1, 0.15) is 30.0 Å². The van der Waals surface area contributed by atoms with E-state index < -0.39 is 6.04 Å². The standard InChI is InChI=1S/C27H23FN4O3/c1-16-6-4-7-19(14-16)25-30-26(35-31-25)23-17(2)32(21-8-5-9-22(15-21)34-3)27(33)29-24(23)18-10-12-20(28)13-11-18/h4-15,24H,1-3H3,(H,29,33). The summed E-state index contributed by atoms with van der Waals surface area (Å²) in [5.74, 6) is 0.952. The molecule has 1 N–H and O–H groups in total. The van der Waals surface area contributed by atoms with Gasteiger partial charge in [-0.05, 0) is 49.7 Å². The Labute approximate surface area is 201 Å². The number of anilines is 1. The van der Waals surface area contributed by atoms with Gasteiger partial charge in [0.2, 0.25) is 5.82 Å². The molecule has 0 radical (unpaired) electrons. The van der Waals surface area contributed by atoms with E-state index in [2.05, 4.69) is 15.5 Å². The maximum absolute atomic E-state index is 13.6. The molecular formula is C27H23FN4O3. The second kappa shape index (κ2) is 9.06. The first kappa shape index (κ1) is 22.3. The lowest BCUT2D eigenvalue weighted by atomic mass is 9.94. The predicted molar refractivity (Wildman–Crippen MR) is 130 cm³/mol. The van der Waals surface area contributed by atoms with E-state index in [1.807, 2.05) is 50.2 Å². The summed E-state index contributed by atoms with van der Waals surface area (Å²) in [6, 6.07) is 20.0. The van der Waals surface area contributed by atoms with E-state index in [0.717, 1.165) is 11.1 Å². The number of rotatable bonds is 5. The van der Waals surface area contributed by atoms with E-state index in [1.165, 1.54) is 17.0 Å². The fourth-order valence-electron chi connectivity index (χ4n) is 4.22. The number of nitrogens with zero attached hydrogens (tertiary/aromatic N) is 3. The third kappa shape index (κ3) is 4.26. The fourth-order valence-corrected chi connectivity index (χ4v) is 4.22. The van der Waals surface area contributed by atoms with Crippen molar-refractivity contribution < 1.29 is 18.4 Å². The zero-order valence-corrected chi connectivity index (χ0v) is 19.4. The molecule has 1 aliphatic heterocycles. The van der Waals surface area contributed by atoms with Crippen LogP contribution >= 0.6 is 0 Å². The Hall–Kier alpha value is -4.46. The number of methoxy groups -OCH3 is 1. The quantitative estimate of drug-likeness (QED) is 0.393.